The topological polar surface area (TPSA) is 107 Å². The van der Waals surface area contributed by atoms with E-state index in [-0.39, 0.29) is 12.3 Å². The molecule has 0 bridgehead atoms. The molecule has 0 radical (unpaired) electrons. The van der Waals surface area contributed by atoms with Crippen molar-refractivity contribution in [3.05, 3.63) is 46.7 Å². The number of hydrogen-bond donors (Lipinski definition) is 0. The fraction of sp³-hybridized carbons (Fsp3) is 0.200. The van der Waals surface area contributed by atoms with E-state index in [1.807, 2.05) is 29.1 Å². The maximum atomic E-state index is 8.12. The molecule has 9 heteroatoms. The molecule has 0 spiro atoms. The number of hydrogen-bond acceptors (Lipinski definition) is 9. The summed E-state index contributed by atoms with van der Waals surface area (Å²) in [6.07, 6.45) is 5.50. The minimum absolute atomic E-state index is 0.250. The average molecular weight is 366 g/mol. The predicted octanol–water partition coefficient (Wildman–Crippen LogP) is 3.50. The maximum Gasteiger partial charge on any atom is 0.373 e. The standard InChI is InChI=1S/C7H5NOS.C6H9NS.2CO2/c1-2-7(10-3-1)6-4-8-5-9-6;1-5(2)6-7-3-4-8-6;2*2-1-3/h1-5H;3-5H,1-2H3;;. The second kappa shape index (κ2) is 13.9. The van der Waals surface area contributed by atoms with Crippen LogP contribution in [0, 0.1) is 0 Å². The predicted molar refractivity (Wildman–Crippen MR) is 86.0 cm³/mol. The lowest BCUT2D eigenvalue weighted by Crippen LogP contribution is -1.81. The van der Waals surface area contributed by atoms with Crippen LogP contribution in [0.1, 0.15) is 24.8 Å². The summed E-state index contributed by atoms with van der Waals surface area (Å²) in [6.45, 7) is 4.30. The van der Waals surface area contributed by atoms with Crippen molar-refractivity contribution in [3.8, 4) is 10.6 Å². The summed E-state index contributed by atoms with van der Waals surface area (Å²) >= 11 is 3.37. The Hall–Kier alpha value is -2.70. The zero-order valence-electron chi connectivity index (χ0n) is 12.9. The van der Waals surface area contributed by atoms with E-state index in [4.69, 9.17) is 23.6 Å². The van der Waals surface area contributed by atoms with Crippen LogP contribution in [0.15, 0.2) is 46.1 Å². The highest BCUT2D eigenvalue weighted by Crippen LogP contribution is 2.23. The van der Waals surface area contributed by atoms with E-state index in [1.165, 1.54) is 11.4 Å². The smallest absolute Gasteiger partial charge is 0.373 e. The minimum Gasteiger partial charge on any atom is -0.443 e. The van der Waals surface area contributed by atoms with Crippen LogP contribution in [0.2, 0.25) is 0 Å². The van der Waals surface area contributed by atoms with Gasteiger partial charge in [-0.05, 0) is 11.4 Å². The van der Waals surface area contributed by atoms with Crippen molar-refractivity contribution >= 4 is 35.0 Å². The zero-order valence-corrected chi connectivity index (χ0v) is 14.5. The molecule has 3 aromatic rings. The van der Waals surface area contributed by atoms with Crippen LogP contribution < -0.4 is 0 Å². The molecule has 0 fully saturated rings. The molecule has 7 nitrogen and oxygen atoms in total. The lowest BCUT2D eigenvalue weighted by molar-refractivity contribution is -0.193. The molecule has 24 heavy (non-hydrogen) atoms. The summed E-state index contributed by atoms with van der Waals surface area (Å²) in [5, 5.41) is 5.25. The normalized spacial score (nSPS) is 8.29. The number of carbonyl (C=O) groups excluding carboxylic acids is 4. The van der Waals surface area contributed by atoms with Gasteiger partial charge in [-0.1, -0.05) is 19.9 Å². The Kier molecular flexibility index (Phi) is 12.4. The molecule has 0 aliphatic rings. The quantitative estimate of drug-likeness (QED) is 0.683. The van der Waals surface area contributed by atoms with Crippen LogP contribution >= 0.6 is 22.7 Å². The van der Waals surface area contributed by atoms with Crippen molar-refractivity contribution in [2.75, 3.05) is 0 Å². The summed E-state index contributed by atoms with van der Waals surface area (Å²) in [7, 11) is 0. The Bertz CT molecular complexity index is 651. The van der Waals surface area contributed by atoms with Gasteiger partial charge in [-0.3, -0.25) is 0 Å². The first-order chi connectivity index (χ1) is 11.6. The first kappa shape index (κ1) is 21.3. The van der Waals surface area contributed by atoms with E-state index in [0.29, 0.717) is 5.92 Å². The summed E-state index contributed by atoms with van der Waals surface area (Å²) in [5.74, 6) is 1.44. The summed E-state index contributed by atoms with van der Waals surface area (Å²) in [4.78, 5) is 41.6. The first-order valence-electron chi connectivity index (χ1n) is 6.40. The van der Waals surface area contributed by atoms with E-state index in [0.717, 1.165) is 10.6 Å². The van der Waals surface area contributed by atoms with E-state index >= 15 is 0 Å². The summed E-state index contributed by atoms with van der Waals surface area (Å²) in [6, 6.07) is 3.99. The van der Waals surface area contributed by atoms with Crippen LogP contribution in [0.4, 0.5) is 0 Å². The zero-order chi connectivity index (χ0) is 18.2. The molecule has 0 N–H and O–H groups in total. The number of aromatic nitrogens is 2. The fourth-order valence-corrected chi connectivity index (χ4v) is 2.61. The second-order valence-electron chi connectivity index (χ2n) is 4.03. The summed E-state index contributed by atoms with van der Waals surface area (Å²) < 4.78 is 5.08. The highest BCUT2D eigenvalue weighted by atomic mass is 32.1. The molecule has 3 heterocycles. The molecular weight excluding hydrogens is 352 g/mol. The SMILES string of the molecule is CC(C)c1nccs1.O=C=O.O=C=O.c1csc(-c2cnco2)c1. The van der Waals surface area contributed by atoms with Crippen LogP contribution in [-0.4, -0.2) is 22.3 Å². The Balaban J connectivity index is 0.000000340. The van der Waals surface area contributed by atoms with Gasteiger partial charge < -0.3 is 4.42 Å². The van der Waals surface area contributed by atoms with E-state index in [1.54, 1.807) is 28.9 Å². The van der Waals surface area contributed by atoms with Gasteiger partial charge in [0.1, 0.15) is 0 Å². The Labute approximate surface area is 146 Å². The van der Waals surface area contributed by atoms with Gasteiger partial charge in [0.2, 0.25) is 0 Å². The van der Waals surface area contributed by atoms with Crippen molar-refractivity contribution in [3.63, 3.8) is 0 Å². The van der Waals surface area contributed by atoms with E-state index in [9.17, 15) is 0 Å². The third-order valence-corrected chi connectivity index (χ3v) is 4.10. The average Bonchev–Trinajstić information content (AvgIpc) is 3.31. The lowest BCUT2D eigenvalue weighted by Gasteiger charge is -1.93. The minimum atomic E-state index is 0.250. The number of rotatable bonds is 2. The van der Waals surface area contributed by atoms with Crippen LogP contribution in [0.3, 0.4) is 0 Å². The highest BCUT2D eigenvalue weighted by Gasteiger charge is 1.99. The molecule has 0 amide bonds. The second-order valence-corrected chi connectivity index (χ2v) is 5.91. The van der Waals surface area contributed by atoms with Crippen molar-refractivity contribution in [1.82, 2.24) is 9.97 Å². The fourth-order valence-electron chi connectivity index (χ4n) is 1.28. The number of nitrogens with zero attached hydrogens (tertiary/aromatic N) is 2. The third-order valence-electron chi connectivity index (χ3n) is 2.14. The largest absolute Gasteiger partial charge is 0.443 e. The first-order valence-corrected chi connectivity index (χ1v) is 8.16. The van der Waals surface area contributed by atoms with Gasteiger partial charge in [-0.15, -0.1) is 22.7 Å². The summed E-state index contributed by atoms with van der Waals surface area (Å²) in [5.41, 5.74) is 0. The van der Waals surface area contributed by atoms with Gasteiger partial charge in [-0.25, -0.2) is 9.97 Å². The molecule has 0 atom stereocenters. The van der Waals surface area contributed by atoms with Crippen molar-refractivity contribution in [2.24, 2.45) is 0 Å². The van der Waals surface area contributed by atoms with Crippen LogP contribution in [0.25, 0.3) is 10.6 Å². The number of oxazole rings is 1. The Morgan fingerprint density at radius 1 is 1.08 bits per heavy atom. The Morgan fingerprint density at radius 2 is 1.75 bits per heavy atom. The van der Waals surface area contributed by atoms with Crippen molar-refractivity contribution < 1.29 is 23.6 Å². The molecule has 3 aromatic heterocycles. The molecule has 0 aliphatic carbocycles. The lowest BCUT2D eigenvalue weighted by atomic mass is 10.2. The van der Waals surface area contributed by atoms with Crippen LogP contribution in [-0.2, 0) is 19.2 Å². The van der Waals surface area contributed by atoms with Gasteiger partial charge in [-0.2, -0.15) is 19.2 Å². The Morgan fingerprint density at radius 3 is 2.08 bits per heavy atom. The monoisotopic (exact) mass is 366 g/mol. The van der Waals surface area contributed by atoms with Gasteiger partial charge in [0.25, 0.3) is 0 Å². The van der Waals surface area contributed by atoms with Crippen molar-refractivity contribution in [1.29, 1.82) is 0 Å². The molecule has 0 aromatic carbocycles. The molecule has 126 valence electrons. The van der Waals surface area contributed by atoms with Gasteiger partial charge >= 0.3 is 12.3 Å². The molecule has 3 rings (SSSR count). The highest BCUT2D eigenvalue weighted by molar-refractivity contribution is 7.13. The van der Waals surface area contributed by atoms with Crippen molar-refractivity contribution in [2.45, 2.75) is 19.8 Å². The van der Waals surface area contributed by atoms with E-state index < -0.39 is 0 Å². The third kappa shape index (κ3) is 9.34. The molecular formula is C15H14N2O5S2. The molecule has 0 saturated heterocycles. The van der Waals surface area contributed by atoms with Gasteiger partial charge in [0.05, 0.1) is 16.1 Å². The molecule has 0 unspecified atom stereocenters. The molecule has 0 saturated carbocycles. The molecule has 0 aliphatic heterocycles. The number of thiazole rings is 1. The number of thiophene rings is 1. The van der Waals surface area contributed by atoms with Gasteiger partial charge in [0, 0.05) is 17.5 Å². The maximum absolute atomic E-state index is 8.12. The van der Waals surface area contributed by atoms with E-state index in [2.05, 4.69) is 23.8 Å². The van der Waals surface area contributed by atoms with Gasteiger partial charge in [0.15, 0.2) is 12.2 Å². The van der Waals surface area contributed by atoms with Crippen LogP contribution in [0.5, 0.6) is 0 Å².